The maximum absolute atomic E-state index is 12.4. The van der Waals surface area contributed by atoms with Crippen LogP contribution in [-0.4, -0.2) is 39.7 Å². The summed E-state index contributed by atoms with van der Waals surface area (Å²) < 4.78 is 2.17. The Morgan fingerprint density at radius 1 is 1.33 bits per heavy atom. The molecule has 6 heteroatoms. The molecule has 1 atom stereocenters. The molecule has 3 rings (SSSR count). The van der Waals surface area contributed by atoms with Crippen molar-refractivity contribution in [3.63, 3.8) is 0 Å². The minimum atomic E-state index is -0.827. The van der Waals surface area contributed by atoms with Gasteiger partial charge in [-0.15, -0.1) is 0 Å². The summed E-state index contributed by atoms with van der Waals surface area (Å²) in [6.07, 6.45) is 4.46. The number of aliphatic carboxylic acids is 1. The standard InChI is InChI=1S/C18H23N3O3/c1-2-8-20-10-7-13-5-6-15(11-16(13)20)19-18(24)21-9-3-4-14(12-21)17(22)23/h5-7,10-11,14H,2-4,8-9,12H2,1H3,(H,19,24)(H,22,23). The van der Waals surface area contributed by atoms with Gasteiger partial charge in [0.25, 0.3) is 0 Å². The zero-order chi connectivity index (χ0) is 17.1. The number of benzene rings is 1. The van der Waals surface area contributed by atoms with E-state index in [0.717, 1.165) is 36.0 Å². The summed E-state index contributed by atoms with van der Waals surface area (Å²) in [7, 11) is 0. The van der Waals surface area contributed by atoms with Crippen LogP contribution in [0.1, 0.15) is 26.2 Å². The summed E-state index contributed by atoms with van der Waals surface area (Å²) in [6, 6.07) is 7.69. The lowest BCUT2D eigenvalue weighted by molar-refractivity contribution is -0.143. The van der Waals surface area contributed by atoms with Gasteiger partial charge in [0.2, 0.25) is 0 Å². The van der Waals surface area contributed by atoms with Crippen LogP contribution in [0.2, 0.25) is 0 Å². The van der Waals surface area contributed by atoms with Crippen molar-refractivity contribution in [2.45, 2.75) is 32.7 Å². The Balaban J connectivity index is 1.73. The summed E-state index contributed by atoms with van der Waals surface area (Å²) in [5.41, 5.74) is 1.83. The Labute approximate surface area is 141 Å². The van der Waals surface area contributed by atoms with Gasteiger partial charge < -0.3 is 19.9 Å². The molecule has 1 aliphatic heterocycles. The van der Waals surface area contributed by atoms with Crippen molar-refractivity contribution in [1.82, 2.24) is 9.47 Å². The number of aromatic nitrogens is 1. The van der Waals surface area contributed by atoms with Gasteiger partial charge in [-0.05, 0) is 42.8 Å². The van der Waals surface area contributed by atoms with E-state index in [9.17, 15) is 9.59 Å². The highest BCUT2D eigenvalue weighted by Crippen LogP contribution is 2.22. The minimum Gasteiger partial charge on any atom is -0.481 e. The van der Waals surface area contributed by atoms with Gasteiger partial charge in [-0.25, -0.2) is 4.79 Å². The largest absolute Gasteiger partial charge is 0.481 e. The van der Waals surface area contributed by atoms with Gasteiger partial charge in [0.15, 0.2) is 0 Å². The highest BCUT2D eigenvalue weighted by atomic mass is 16.4. The number of aryl methyl sites for hydroxylation is 1. The topological polar surface area (TPSA) is 74.6 Å². The number of carbonyl (C=O) groups excluding carboxylic acids is 1. The molecule has 0 spiro atoms. The number of amides is 2. The number of carboxylic acid groups (broad SMARTS) is 1. The van der Waals surface area contributed by atoms with E-state index in [0.29, 0.717) is 13.0 Å². The molecule has 2 amide bonds. The Kier molecular flexibility index (Phi) is 4.74. The van der Waals surface area contributed by atoms with Crippen molar-refractivity contribution in [3.05, 3.63) is 30.5 Å². The predicted molar refractivity (Wildman–Crippen MR) is 93.2 cm³/mol. The van der Waals surface area contributed by atoms with Crippen molar-refractivity contribution in [2.24, 2.45) is 5.92 Å². The van der Waals surface area contributed by atoms with E-state index in [1.165, 1.54) is 0 Å². The van der Waals surface area contributed by atoms with E-state index >= 15 is 0 Å². The average molecular weight is 329 g/mol. The van der Waals surface area contributed by atoms with Crippen LogP contribution in [0.15, 0.2) is 30.5 Å². The first-order valence-corrected chi connectivity index (χ1v) is 8.46. The van der Waals surface area contributed by atoms with Crippen LogP contribution >= 0.6 is 0 Å². The number of carboxylic acids is 1. The summed E-state index contributed by atoms with van der Waals surface area (Å²) in [4.78, 5) is 25.2. The number of urea groups is 1. The lowest BCUT2D eigenvalue weighted by Gasteiger charge is -2.30. The fourth-order valence-electron chi connectivity index (χ4n) is 3.26. The molecular formula is C18H23N3O3. The first-order chi connectivity index (χ1) is 11.6. The highest BCUT2D eigenvalue weighted by Gasteiger charge is 2.28. The zero-order valence-corrected chi connectivity index (χ0v) is 13.9. The second kappa shape index (κ2) is 6.95. The summed E-state index contributed by atoms with van der Waals surface area (Å²) >= 11 is 0. The van der Waals surface area contributed by atoms with Gasteiger partial charge in [0, 0.05) is 31.5 Å². The SMILES string of the molecule is CCCn1ccc2ccc(NC(=O)N3CCCC(C(=O)O)C3)cc21. The van der Waals surface area contributed by atoms with E-state index in [4.69, 9.17) is 5.11 Å². The molecule has 1 unspecified atom stereocenters. The number of piperidine rings is 1. The smallest absolute Gasteiger partial charge is 0.321 e. The summed E-state index contributed by atoms with van der Waals surface area (Å²) in [5.74, 6) is -1.29. The molecular weight excluding hydrogens is 306 g/mol. The number of likely N-dealkylation sites (tertiary alicyclic amines) is 1. The molecule has 128 valence electrons. The molecule has 0 bridgehead atoms. The van der Waals surface area contributed by atoms with Crippen LogP contribution in [0, 0.1) is 5.92 Å². The van der Waals surface area contributed by atoms with E-state index in [-0.39, 0.29) is 12.6 Å². The van der Waals surface area contributed by atoms with Gasteiger partial charge in [-0.1, -0.05) is 13.0 Å². The first kappa shape index (κ1) is 16.4. The molecule has 2 N–H and O–H groups in total. The van der Waals surface area contributed by atoms with Gasteiger partial charge in [0.1, 0.15) is 0 Å². The maximum Gasteiger partial charge on any atom is 0.321 e. The van der Waals surface area contributed by atoms with Crippen LogP contribution < -0.4 is 5.32 Å². The van der Waals surface area contributed by atoms with Gasteiger partial charge >= 0.3 is 12.0 Å². The Morgan fingerprint density at radius 2 is 2.17 bits per heavy atom. The molecule has 1 fully saturated rings. The number of carbonyl (C=O) groups is 2. The molecule has 24 heavy (non-hydrogen) atoms. The molecule has 0 radical (unpaired) electrons. The Bertz CT molecular complexity index is 753. The van der Waals surface area contributed by atoms with Crippen LogP contribution in [0.25, 0.3) is 10.9 Å². The van der Waals surface area contributed by atoms with E-state index in [1.54, 1.807) is 4.90 Å². The van der Waals surface area contributed by atoms with Gasteiger partial charge in [0.05, 0.1) is 11.4 Å². The molecule has 1 saturated heterocycles. The molecule has 2 heterocycles. The molecule has 2 aromatic rings. The third-order valence-electron chi connectivity index (χ3n) is 4.55. The number of rotatable bonds is 4. The fraction of sp³-hybridized carbons (Fsp3) is 0.444. The molecule has 1 aliphatic rings. The lowest BCUT2D eigenvalue weighted by Crippen LogP contribution is -2.44. The van der Waals surface area contributed by atoms with Crippen LogP contribution in [-0.2, 0) is 11.3 Å². The van der Waals surface area contributed by atoms with Crippen LogP contribution in [0.5, 0.6) is 0 Å². The van der Waals surface area contributed by atoms with Gasteiger partial charge in [-0.2, -0.15) is 0 Å². The summed E-state index contributed by atoms with van der Waals surface area (Å²) in [6.45, 7) is 3.94. The Hall–Kier alpha value is -2.50. The van der Waals surface area contributed by atoms with Crippen molar-refractivity contribution in [1.29, 1.82) is 0 Å². The van der Waals surface area contributed by atoms with Crippen molar-refractivity contribution >= 4 is 28.6 Å². The summed E-state index contributed by atoms with van der Waals surface area (Å²) in [5, 5.41) is 13.2. The first-order valence-electron chi connectivity index (χ1n) is 8.46. The predicted octanol–water partition coefficient (Wildman–Crippen LogP) is 3.38. The molecule has 0 aliphatic carbocycles. The zero-order valence-electron chi connectivity index (χ0n) is 13.9. The van der Waals surface area contributed by atoms with Gasteiger partial charge in [-0.3, -0.25) is 4.79 Å². The van der Waals surface area contributed by atoms with Crippen LogP contribution in [0.3, 0.4) is 0 Å². The van der Waals surface area contributed by atoms with Crippen molar-refractivity contribution < 1.29 is 14.7 Å². The van der Waals surface area contributed by atoms with Crippen molar-refractivity contribution in [3.8, 4) is 0 Å². The third kappa shape index (κ3) is 3.37. The number of nitrogens with one attached hydrogen (secondary N) is 1. The number of nitrogens with zero attached hydrogens (tertiary/aromatic N) is 2. The minimum absolute atomic E-state index is 0.228. The molecule has 0 saturated carbocycles. The second-order valence-corrected chi connectivity index (χ2v) is 6.34. The third-order valence-corrected chi connectivity index (χ3v) is 4.55. The van der Waals surface area contributed by atoms with E-state index < -0.39 is 11.9 Å². The number of hydrogen-bond acceptors (Lipinski definition) is 2. The monoisotopic (exact) mass is 329 g/mol. The van der Waals surface area contributed by atoms with E-state index in [1.807, 2.05) is 18.2 Å². The van der Waals surface area contributed by atoms with E-state index in [2.05, 4.69) is 29.1 Å². The number of fused-ring (bicyclic) bond motifs is 1. The quantitative estimate of drug-likeness (QED) is 0.903. The number of anilines is 1. The molecule has 1 aromatic heterocycles. The van der Waals surface area contributed by atoms with Crippen LogP contribution in [0.4, 0.5) is 10.5 Å². The second-order valence-electron chi connectivity index (χ2n) is 6.34. The highest BCUT2D eigenvalue weighted by molar-refractivity contribution is 5.93. The molecule has 6 nitrogen and oxygen atoms in total. The normalized spacial score (nSPS) is 17.9. The maximum atomic E-state index is 12.4. The Morgan fingerprint density at radius 3 is 2.92 bits per heavy atom. The van der Waals surface area contributed by atoms with Crippen molar-refractivity contribution in [2.75, 3.05) is 18.4 Å². The average Bonchev–Trinajstić information content (AvgIpc) is 2.98. The number of hydrogen-bond donors (Lipinski definition) is 2. The molecule has 1 aromatic carbocycles. The lowest BCUT2D eigenvalue weighted by atomic mass is 9.99. The fourth-order valence-corrected chi connectivity index (χ4v) is 3.26.